The summed E-state index contributed by atoms with van der Waals surface area (Å²) in [6, 6.07) is 11.3. The van der Waals surface area contributed by atoms with Crippen LogP contribution >= 0.6 is 0 Å². The molecule has 212 valence electrons. The van der Waals surface area contributed by atoms with E-state index >= 15 is 0 Å². The van der Waals surface area contributed by atoms with E-state index in [0.717, 1.165) is 17.7 Å². The van der Waals surface area contributed by atoms with Gasteiger partial charge in [0.2, 0.25) is 0 Å². The van der Waals surface area contributed by atoms with Crippen molar-refractivity contribution < 1.29 is 32.6 Å². The summed E-state index contributed by atoms with van der Waals surface area (Å²) in [7, 11) is 1.66. The van der Waals surface area contributed by atoms with Crippen LogP contribution in [-0.2, 0) is 21.2 Å². The summed E-state index contributed by atoms with van der Waals surface area (Å²) in [6.45, 7) is 6.96. The Balaban J connectivity index is 1.60. The number of carbonyl (C=O) groups excluding carboxylic acids is 2. The Kier molecular flexibility index (Phi) is 8.43. The van der Waals surface area contributed by atoms with Gasteiger partial charge in [0, 0.05) is 50.0 Å². The highest BCUT2D eigenvalue weighted by molar-refractivity contribution is 5.94. The third-order valence-electron chi connectivity index (χ3n) is 8.14. The van der Waals surface area contributed by atoms with Gasteiger partial charge in [-0.2, -0.15) is 13.2 Å². The molecule has 1 aliphatic carbocycles. The summed E-state index contributed by atoms with van der Waals surface area (Å²) in [4.78, 5) is 28.4. The maximum Gasteiger partial charge on any atom is 0.416 e. The molecule has 1 aliphatic heterocycles. The van der Waals surface area contributed by atoms with Gasteiger partial charge in [-0.1, -0.05) is 24.1 Å². The lowest BCUT2D eigenvalue weighted by Gasteiger charge is -2.58. The van der Waals surface area contributed by atoms with Gasteiger partial charge >= 0.3 is 12.1 Å². The van der Waals surface area contributed by atoms with Crippen LogP contribution in [0.1, 0.15) is 49.3 Å². The highest BCUT2D eigenvalue weighted by Crippen LogP contribution is 2.52. The quantitative estimate of drug-likeness (QED) is 0.254. The lowest BCUT2D eigenvalue weighted by atomic mass is 9.55. The van der Waals surface area contributed by atoms with E-state index in [9.17, 15) is 27.9 Å². The first-order valence-electron chi connectivity index (χ1n) is 13.2. The van der Waals surface area contributed by atoms with Gasteiger partial charge in [0.15, 0.2) is 0 Å². The van der Waals surface area contributed by atoms with Gasteiger partial charge in [-0.3, -0.25) is 14.5 Å². The number of benzene rings is 2. The van der Waals surface area contributed by atoms with Crippen molar-refractivity contribution in [1.29, 1.82) is 0 Å². The molecule has 1 saturated heterocycles. The Morgan fingerprint density at radius 1 is 1.23 bits per heavy atom. The number of β-amino-alcohol motifs (C(OH)–C–C–N with tert-alkyl or cyclic N) is 1. The van der Waals surface area contributed by atoms with Gasteiger partial charge in [-0.05, 0) is 74.2 Å². The topological polar surface area (TPSA) is 70.1 Å². The van der Waals surface area contributed by atoms with Crippen LogP contribution < -0.4 is 4.74 Å². The van der Waals surface area contributed by atoms with Crippen molar-refractivity contribution >= 4 is 11.9 Å². The normalized spacial score (nSPS) is 24.7. The second kappa shape index (κ2) is 11.5. The molecule has 6 nitrogen and oxygen atoms in total. The Labute approximate surface area is 232 Å². The maximum atomic E-state index is 13.1. The van der Waals surface area contributed by atoms with Crippen molar-refractivity contribution in [2.24, 2.45) is 0 Å². The first-order chi connectivity index (χ1) is 18.9. The molecule has 1 heterocycles. The second-order valence-corrected chi connectivity index (χ2v) is 10.6. The van der Waals surface area contributed by atoms with E-state index in [1.54, 1.807) is 30.1 Å². The van der Waals surface area contributed by atoms with Gasteiger partial charge in [0.05, 0.1) is 11.2 Å². The monoisotopic (exact) mass is 554 g/mol. The van der Waals surface area contributed by atoms with E-state index in [4.69, 9.17) is 4.74 Å². The molecule has 9 heteroatoms. The molecule has 2 aromatic carbocycles. The molecule has 2 fully saturated rings. The molecule has 1 amide bonds. The fourth-order valence-corrected chi connectivity index (χ4v) is 6.05. The molecule has 0 radical (unpaired) electrons. The minimum Gasteiger partial charge on any atom is -0.427 e. The summed E-state index contributed by atoms with van der Waals surface area (Å²) in [5, 5.41) is 12.1. The number of hydrogen-bond donors (Lipinski definition) is 1. The molecule has 2 aromatic rings. The maximum absolute atomic E-state index is 13.1. The van der Waals surface area contributed by atoms with E-state index in [-0.39, 0.29) is 6.04 Å². The third-order valence-corrected chi connectivity index (χ3v) is 8.14. The Hall–Kier alpha value is -3.61. The predicted octanol–water partition coefficient (Wildman–Crippen LogP) is 4.55. The lowest BCUT2D eigenvalue weighted by Crippen LogP contribution is -2.67. The number of piperidine rings is 1. The Morgan fingerprint density at radius 3 is 2.60 bits per heavy atom. The van der Waals surface area contributed by atoms with Crippen molar-refractivity contribution in [3.05, 3.63) is 77.9 Å². The zero-order valence-electron chi connectivity index (χ0n) is 22.6. The standard InChI is InChI=1S/C31H33F3N2O4/c1-4-17-36-18-16-29(25-6-5-7-27(19-25)40-22(2)37)20-26(14-15-30(29,39)21-36)35(3)28(38)13-10-23-8-11-24(12-9-23)31(32,33)34/h4-9,11-12,19,26,39H,1,14-18,20-21H2,2-3H3/t26-,29-,30-/m0/s1. The average Bonchev–Trinajstić information content (AvgIpc) is 2.90. The van der Waals surface area contributed by atoms with Crippen molar-refractivity contribution in [3.8, 4) is 17.6 Å². The predicted molar refractivity (Wildman–Crippen MR) is 144 cm³/mol. The molecule has 2 aliphatic rings. The number of nitrogens with zero attached hydrogens (tertiary/aromatic N) is 2. The number of fused-ring (bicyclic) bond motifs is 1. The number of alkyl halides is 3. The number of ether oxygens (including phenoxy) is 1. The number of carbonyl (C=O) groups is 2. The minimum atomic E-state index is -4.44. The fourth-order valence-electron chi connectivity index (χ4n) is 6.05. The minimum absolute atomic E-state index is 0.238. The zero-order valence-corrected chi connectivity index (χ0v) is 22.6. The number of likely N-dealkylation sites (tertiary alicyclic amines) is 1. The van der Waals surface area contributed by atoms with Crippen LogP contribution in [-0.4, -0.2) is 65.1 Å². The Morgan fingerprint density at radius 2 is 1.95 bits per heavy atom. The molecule has 1 N–H and O–H groups in total. The lowest BCUT2D eigenvalue weighted by molar-refractivity contribution is -0.143. The number of halogens is 3. The van der Waals surface area contributed by atoms with E-state index in [0.29, 0.717) is 56.6 Å². The third kappa shape index (κ3) is 6.08. The summed E-state index contributed by atoms with van der Waals surface area (Å²) in [5.74, 6) is 4.73. The smallest absolute Gasteiger partial charge is 0.416 e. The Bertz CT molecular complexity index is 1330. The van der Waals surface area contributed by atoms with Crippen LogP contribution in [0.15, 0.2) is 61.2 Å². The van der Waals surface area contributed by atoms with Gasteiger partial charge in [0.25, 0.3) is 5.91 Å². The first kappa shape index (κ1) is 29.4. The molecular weight excluding hydrogens is 521 g/mol. The van der Waals surface area contributed by atoms with E-state index in [1.165, 1.54) is 19.1 Å². The molecule has 1 saturated carbocycles. The molecule has 0 bridgehead atoms. The summed E-state index contributed by atoms with van der Waals surface area (Å²) in [6.07, 6.45) is -0.553. The highest BCUT2D eigenvalue weighted by Gasteiger charge is 2.58. The zero-order chi connectivity index (χ0) is 29.1. The summed E-state index contributed by atoms with van der Waals surface area (Å²) in [5.41, 5.74) is -1.43. The van der Waals surface area contributed by atoms with Gasteiger partial charge < -0.3 is 14.7 Å². The van der Waals surface area contributed by atoms with Crippen LogP contribution in [0.4, 0.5) is 13.2 Å². The molecule has 4 rings (SSSR count). The second-order valence-electron chi connectivity index (χ2n) is 10.6. The number of rotatable bonds is 5. The van der Waals surface area contributed by atoms with Gasteiger partial charge in [0.1, 0.15) is 5.75 Å². The van der Waals surface area contributed by atoms with Gasteiger partial charge in [-0.25, -0.2) is 0 Å². The number of esters is 1. The molecule has 0 aromatic heterocycles. The molecular formula is C31H33F3N2O4. The van der Waals surface area contributed by atoms with E-state index in [1.807, 2.05) is 12.1 Å². The summed E-state index contributed by atoms with van der Waals surface area (Å²) < 4.78 is 43.9. The highest BCUT2D eigenvalue weighted by atomic mass is 19.4. The molecule has 0 spiro atoms. The van der Waals surface area contributed by atoms with E-state index in [2.05, 4.69) is 23.3 Å². The van der Waals surface area contributed by atoms with Crippen molar-refractivity contribution in [3.63, 3.8) is 0 Å². The van der Waals surface area contributed by atoms with Crippen LogP contribution in [0, 0.1) is 11.8 Å². The van der Waals surface area contributed by atoms with Crippen LogP contribution in [0.25, 0.3) is 0 Å². The largest absolute Gasteiger partial charge is 0.427 e. The van der Waals surface area contributed by atoms with Gasteiger partial charge in [-0.15, -0.1) is 6.58 Å². The summed E-state index contributed by atoms with van der Waals surface area (Å²) >= 11 is 0. The van der Waals surface area contributed by atoms with Crippen LogP contribution in [0.5, 0.6) is 5.75 Å². The van der Waals surface area contributed by atoms with Crippen molar-refractivity contribution in [2.75, 3.05) is 26.7 Å². The van der Waals surface area contributed by atoms with Crippen molar-refractivity contribution in [2.45, 2.75) is 55.8 Å². The number of amides is 1. The fraction of sp³-hybridized carbons (Fsp3) is 0.419. The number of hydrogen-bond acceptors (Lipinski definition) is 5. The number of aliphatic hydroxyl groups is 1. The molecule has 40 heavy (non-hydrogen) atoms. The first-order valence-corrected chi connectivity index (χ1v) is 13.2. The van der Waals surface area contributed by atoms with Crippen molar-refractivity contribution in [1.82, 2.24) is 9.80 Å². The van der Waals surface area contributed by atoms with E-state index < -0.39 is 34.6 Å². The molecule has 3 atom stereocenters. The molecule has 0 unspecified atom stereocenters. The average molecular weight is 555 g/mol. The van der Waals surface area contributed by atoms with Crippen LogP contribution in [0.3, 0.4) is 0 Å². The SMILES string of the molecule is C=CCN1CC[C@@]2(c3cccc(OC(C)=O)c3)C[C@@H](N(C)C(=O)C#Cc3ccc(C(F)(F)F)cc3)CC[C@]2(O)C1. The van der Waals surface area contributed by atoms with Crippen LogP contribution in [0.2, 0.25) is 0 Å².